The maximum absolute atomic E-state index is 13.3. The van der Waals surface area contributed by atoms with E-state index in [0.29, 0.717) is 39.4 Å². The van der Waals surface area contributed by atoms with Gasteiger partial charge in [0.05, 0.1) is 19.6 Å². The van der Waals surface area contributed by atoms with Crippen LogP contribution in [0.1, 0.15) is 11.1 Å². The van der Waals surface area contributed by atoms with Crippen LogP contribution < -0.4 is 15.1 Å². The molecule has 5 rings (SSSR count). The predicted molar refractivity (Wildman–Crippen MR) is 126 cm³/mol. The summed E-state index contributed by atoms with van der Waals surface area (Å²) >= 11 is 0. The van der Waals surface area contributed by atoms with Crippen molar-refractivity contribution in [1.29, 1.82) is 0 Å². The quantitative estimate of drug-likeness (QED) is 0.290. The summed E-state index contributed by atoms with van der Waals surface area (Å²) < 4.78 is 35.4. The van der Waals surface area contributed by atoms with Gasteiger partial charge in [-0.1, -0.05) is 12.2 Å². The molecule has 164 valence electrons. The van der Waals surface area contributed by atoms with Gasteiger partial charge in [0.2, 0.25) is 0 Å². The molecule has 0 bridgehead atoms. The number of fused-ring (bicyclic) bond motifs is 3. The summed E-state index contributed by atoms with van der Waals surface area (Å²) in [4.78, 5) is 12.4. The zero-order chi connectivity index (χ0) is 22.9. The minimum Gasteiger partial charge on any atom is -0.497 e. The van der Waals surface area contributed by atoms with Crippen molar-refractivity contribution in [1.82, 2.24) is 0 Å². The van der Waals surface area contributed by atoms with Crippen LogP contribution in [0.2, 0.25) is 0 Å². The molecule has 0 radical (unpaired) electrons. The average Bonchev–Trinajstić information content (AvgIpc) is 3.27. The molecule has 0 aliphatic rings. The second-order valence-corrected chi connectivity index (χ2v) is 7.47. The van der Waals surface area contributed by atoms with Crippen molar-refractivity contribution in [3.05, 3.63) is 94.1 Å². The highest BCUT2D eigenvalue weighted by molar-refractivity contribution is 6.06. The second kappa shape index (κ2) is 8.31. The molecule has 2 heterocycles. The van der Waals surface area contributed by atoms with Crippen molar-refractivity contribution in [2.24, 2.45) is 0 Å². The van der Waals surface area contributed by atoms with Crippen LogP contribution in [0.4, 0.5) is 4.39 Å². The van der Waals surface area contributed by atoms with Gasteiger partial charge >= 0.3 is 5.63 Å². The third-order valence-electron chi connectivity index (χ3n) is 5.40. The number of hydrogen-bond acceptors (Lipinski definition) is 5. The van der Waals surface area contributed by atoms with Gasteiger partial charge < -0.3 is 18.3 Å². The van der Waals surface area contributed by atoms with Gasteiger partial charge in [-0.3, -0.25) is 0 Å². The van der Waals surface area contributed by atoms with Gasteiger partial charge in [-0.25, -0.2) is 9.18 Å². The number of rotatable bonds is 5. The Morgan fingerprint density at radius 2 is 1.52 bits per heavy atom. The highest BCUT2D eigenvalue weighted by Gasteiger charge is 2.13. The number of methoxy groups -OCH3 is 2. The Labute approximate surface area is 188 Å². The van der Waals surface area contributed by atoms with E-state index in [9.17, 15) is 9.18 Å². The molecule has 0 aliphatic heterocycles. The molecule has 5 nitrogen and oxygen atoms in total. The van der Waals surface area contributed by atoms with Crippen molar-refractivity contribution in [3.63, 3.8) is 0 Å². The molecule has 2 aromatic heterocycles. The fourth-order valence-corrected chi connectivity index (χ4v) is 3.76. The van der Waals surface area contributed by atoms with Crippen molar-refractivity contribution in [2.45, 2.75) is 0 Å². The van der Waals surface area contributed by atoms with Crippen LogP contribution in [-0.2, 0) is 0 Å². The molecule has 0 aliphatic carbocycles. The molecule has 0 unspecified atom stereocenters. The van der Waals surface area contributed by atoms with Crippen molar-refractivity contribution < 1.29 is 22.7 Å². The van der Waals surface area contributed by atoms with E-state index in [0.717, 1.165) is 16.5 Å². The lowest BCUT2D eigenvalue weighted by Crippen LogP contribution is -1.98. The zero-order valence-electron chi connectivity index (χ0n) is 17.9. The van der Waals surface area contributed by atoms with E-state index in [1.807, 2.05) is 36.4 Å². The third-order valence-corrected chi connectivity index (χ3v) is 5.40. The second-order valence-electron chi connectivity index (χ2n) is 7.47. The van der Waals surface area contributed by atoms with Gasteiger partial charge in [0.15, 0.2) is 0 Å². The van der Waals surface area contributed by atoms with Gasteiger partial charge in [0.25, 0.3) is 0 Å². The molecule has 0 amide bonds. The fourth-order valence-electron chi connectivity index (χ4n) is 3.76. The summed E-state index contributed by atoms with van der Waals surface area (Å²) in [5.41, 5.74) is 2.82. The molecule has 0 saturated carbocycles. The molecule has 0 atom stereocenters. The van der Waals surface area contributed by atoms with Crippen molar-refractivity contribution in [2.75, 3.05) is 14.2 Å². The zero-order valence-corrected chi connectivity index (χ0v) is 17.9. The Morgan fingerprint density at radius 3 is 2.21 bits per heavy atom. The first-order valence-electron chi connectivity index (χ1n) is 10.2. The average molecular weight is 442 g/mol. The van der Waals surface area contributed by atoms with E-state index in [-0.39, 0.29) is 5.82 Å². The summed E-state index contributed by atoms with van der Waals surface area (Å²) in [7, 11) is 3.18. The van der Waals surface area contributed by atoms with Gasteiger partial charge in [-0.05, 0) is 65.7 Å². The van der Waals surface area contributed by atoms with Crippen LogP contribution in [0.15, 0.2) is 80.4 Å². The summed E-state index contributed by atoms with van der Waals surface area (Å²) in [5, 5.41) is 1.43. The van der Waals surface area contributed by atoms with Crippen LogP contribution in [0, 0.1) is 5.82 Å². The first-order chi connectivity index (χ1) is 16.0. The lowest BCUT2D eigenvalue weighted by molar-refractivity contribution is 0.394. The lowest BCUT2D eigenvalue weighted by Gasteiger charge is -2.06. The molecule has 6 heteroatoms. The van der Waals surface area contributed by atoms with Crippen LogP contribution in [0.3, 0.4) is 0 Å². The molecule has 5 aromatic rings. The predicted octanol–water partition coefficient (Wildman–Crippen LogP) is 6.53. The van der Waals surface area contributed by atoms with E-state index in [4.69, 9.17) is 18.3 Å². The molecule has 0 spiro atoms. The number of furan rings is 1. The van der Waals surface area contributed by atoms with Gasteiger partial charge in [0.1, 0.15) is 34.2 Å². The molecule has 0 fully saturated rings. The molecule has 0 saturated heterocycles. The molecular weight excluding hydrogens is 423 g/mol. The maximum Gasteiger partial charge on any atom is 0.336 e. The Kier molecular flexibility index (Phi) is 5.18. The smallest absolute Gasteiger partial charge is 0.336 e. The number of halogens is 1. The summed E-state index contributed by atoms with van der Waals surface area (Å²) in [6, 6.07) is 18.5. The highest BCUT2D eigenvalue weighted by Crippen LogP contribution is 2.34. The number of hydrogen-bond donors (Lipinski definition) is 0. The van der Waals surface area contributed by atoms with Crippen molar-refractivity contribution in [3.8, 4) is 22.8 Å². The normalized spacial score (nSPS) is 11.5. The fraction of sp³-hybridized carbons (Fsp3) is 0.0741. The van der Waals surface area contributed by atoms with Crippen LogP contribution in [0.25, 0.3) is 45.4 Å². The van der Waals surface area contributed by atoms with E-state index >= 15 is 0 Å². The Bertz CT molecular complexity index is 1540. The first-order valence-corrected chi connectivity index (χ1v) is 10.2. The van der Waals surface area contributed by atoms with Gasteiger partial charge in [0, 0.05) is 23.1 Å². The lowest BCUT2D eigenvalue weighted by atomic mass is 10.1. The monoisotopic (exact) mass is 442 g/mol. The van der Waals surface area contributed by atoms with Crippen LogP contribution in [-0.4, -0.2) is 14.2 Å². The summed E-state index contributed by atoms with van der Waals surface area (Å²) in [5.74, 6) is 1.57. The van der Waals surface area contributed by atoms with E-state index in [1.165, 1.54) is 18.2 Å². The first kappa shape index (κ1) is 20.6. The Morgan fingerprint density at radius 1 is 0.788 bits per heavy atom. The maximum atomic E-state index is 13.3. The molecule has 3 aromatic carbocycles. The topological polar surface area (TPSA) is 61.8 Å². The van der Waals surface area contributed by atoms with Gasteiger partial charge in [-0.15, -0.1) is 0 Å². The number of benzene rings is 3. The van der Waals surface area contributed by atoms with E-state index in [2.05, 4.69) is 0 Å². The standard InChI is InChI=1S/C27H19FO5/c1-30-20-11-16(12-21(14-20)31-2)3-4-18-13-26(29)33-27-22(18)9-10-24-23(27)15-25(32-24)17-5-7-19(28)8-6-17/h3-15H,1-2H3/b4-3+. The Hall–Kier alpha value is -4.32. The summed E-state index contributed by atoms with van der Waals surface area (Å²) in [6.45, 7) is 0. The molecule has 33 heavy (non-hydrogen) atoms. The molecular formula is C27H19FO5. The molecule has 0 N–H and O–H groups in total. The minimum atomic E-state index is -0.470. The largest absolute Gasteiger partial charge is 0.497 e. The number of ether oxygens (including phenoxy) is 2. The van der Waals surface area contributed by atoms with Crippen LogP contribution in [0.5, 0.6) is 11.5 Å². The van der Waals surface area contributed by atoms with Crippen LogP contribution >= 0.6 is 0 Å². The van der Waals surface area contributed by atoms with Crippen molar-refractivity contribution >= 4 is 34.1 Å². The third kappa shape index (κ3) is 3.99. The highest BCUT2D eigenvalue weighted by atomic mass is 19.1. The Balaban J connectivity index is 1.62. The van der Waals surface area contributed by atoms with E-state index < -0.39 is 5.63 Å². The summed E-state index contributed by atoms with van der Waals surface area (Å²) in [6.07, 6.45) is 3.73. The SMILES string of the molecule is COc1cc(/C=C/c2cc(=O)oc3c2ccc2oc(-c4ccc(F)cc4)cc23)cc(OC)c1. The minimum absolute atomic E-state index is 0.323. The van der Waals surface area contributed by atoms with E-state index in [1.54, 1.807) is 38.5 Å². The van der Waals surface area contributed by atoms with Gasteiger partial charge in [-0.2, -0.15) is 0 Å².